The first kappa shape index (κ1) is 28.8. The molecule has 0 saturated carbocycles. The lowest BCUT2D eigenvalue weighted by molar-refractivity contribution is -0.0471. The summed E-state index contributed by atoms with van der Waals surface area (Å²) in [6.07, 6.45) is 6.80. The Kier molecular flexibility index (Phi) is 8.98. The summed E-state index contributed by atoms with van der Waals surface area (Å²) in [5.74, 6) is 1.33. The molecule has 3 aliphatic rings. The number of nitrogens with one attached hydrogen (secondary N) is 1. The molecule has 7 nitrogen and oxygen atoms in total. The average molecular weight is 554 g/mol. The Labute approximate surface area is 237 Å². The van der Waals surface area contributed by atoms with E-state index in [4.69, 9.17) is 19.2 Å². The first-order valence-electron chi connectivity index (χ1n) is 14.7. The smallest absolute Gasteiger partial charge is 0.129 e. The summed E-state index contributed by atoms with van der Waals surface area (Å²) in [6.45, 7) is 11.5. The molecule has 0 aliphatic carbocycles. The van der Waals surface area contributed by atoms with E-state index in [1.807, 2.05) is 13.8 Å². The molecule has 1 unspecified atom stereocenters. The number of fused-ring (bicyclic) bond motifs is 2. The number of aryl methyl sites for hydroxylation is 2. The van der Waals surface area contributed by atoms with Gasteiger partial charge in [0.2, 0.25) is 0 Å². The van der Waals surface area contributed by atoms with Gasteiger partial charge in [-0.25, -0.2) is 9.37 Å². The van der Waals surface area contributed by atoms with Crippen LogP contribution in [0.5, 0.6) is 5.75 Å². The number of anilines is 1. The number of aromatic nitrogens is 1. The number of rotatable bonds is 11. The Hall–Kier alpha value is -2.68. The van der Waals surface area contributed by atoms with E-state index in [1.54, 1.807) is 7.11 Å². The van der Waals surface area contributed by atoms with Crippen molar-refractivity contribution in [3.05, 3.63) is 64.8 Å². The van der Waals surface area contributed by atoms with Gasteiger partial charge in [-0.1, -0.05) is 12.6 Å². The van der Waals surface area contributed by atoms with Crippen LogP contribution in [0.4, 0.5) is 10.2 Å². The lowest BCUT2D eigenvalue weighted by atomic mass is 9.81. The fourth-order valence-corrected chi connectivity index (χ4v) is 6.21. The second-order valence-electron chi connectivity index (χ2n) is 12.0. The number of ether oxygens (including phenoxy) is 3. The van der Waals surface area contributed by atoms with Crippen LogP contribution in [0.2, 0.25) is 0 Å². The number of methoxy groups -OCH3 is 1. The summed E-state index contributed by atoms with van der Waals surface area (Å²) in [5, 5.41) is 14.1. The van der Waals surface area contributed by atoms with Crippen molar-refractivity contribution in [3.8, 4) is 5.75 Å². The molecule has 4 heterocycles. The first-order chi connectivity index (χ1) is 19.2. The molecule has 5 rings (SSSR count). The molecular formula is C32H44FN3O4. The van der Waals surface area contributed by atoms with Crippen molar-refractivity contribution < 1.29 is 23.7 Å². The fraction of sp³-hybridized carbons (Fsp3) is 0.594. The van der Waals surface area contributed by atoms with Crippen LogP contribution in [0.25, 0.3) is 0 Å². The molecule has 218 valence electrons. The Bertz CT molecular complexity index is 1200. The number of benzene rings is 1. The van der Waals surface area contributed by atoms with E-state index in [1.165, 1.54) is 24.1 Å². The second-order valence-corrected chi connectivity index (χ2v) is 12.0. The molecule has 2 N–H and O–H groups in total. The Balaban J connectivity index is 1.17. The molecular weight excluding hydrogens is 509 g/mol. The number of halogens is 1. The predicted molar refractivity (Wildman–Crippen MR) is 155 cm³/mol. The third-order valence-electron chi connectivity index (χ3n) is 8.89. The molecule has 0 spiro atoms. The Morgan fingerprint density at radius 3 is 2.98 bits per heavy atom. The topological polar surface area (TPSA) is 76.1 Å². The monoisotopic (exact) mass is 553 g/mol. The van der Waals surface area contributed by atoms with E-state index in [9.17, 15) is 9.50 Å². The molecule has 3 atom stereocenters. The number of aliphatic hydroxyl groups is 1. The molecule has 1 aromatic heterocycles. The van der Waals surface area contributed by atoms with E-state index in [2.05, 4.69) is 28.9 Å². The van der Waals surface area contributed by atoms with Crippen LogP contribution in [-0.4, -0.2) is 66.7 Å². The third kappa shape index (κ3) is 6.45. The van der Waals surface area contributed by atoms with Crippen molar-refractivity contribution in [3.63, 3.8) is 0 Å². The summed E-state index contributed by atoms with van der Waals surface area (Å²) in [7, 11) is 1.70. The van der Waals surface area contributed by atoms with Gasteiger partial charge in [0.05, 0.1) is 24.4 Å². The first-order valence-corrected chi connectivity index (χ1v) is 14.7. The average Bonchev–Trinajstić information content (AvgIpc) is 3.40. The van der Waals surface area contributed by atoms with Gasteiger partial charge in [-0.15, -0.1) is 0 Å². The van der Waals surface area contributed by atoms with Gasteiger partial charge >= 0.3 is 0 Å². The zero-order chi connectivity index (χ0) is 28.3. The lowest BCUT2D eigenvalue weighted by Gasteiger charge is -2.38. The number of nitrogens with zero attached hydrogens (tertiary/aromatic N) is 2. The normalized spacial score (nSPS) is 21.7. The second kappa shape index (κ2) is 12.5. The molecule has 0 radical (unpaired) electrons. The van der Waals surface area contributed by atoms with Gasteiger partial charge in [0.25, 0.3) is 0 Å². The van der Waals surface area contributed by atoms with Crippen LogP contribution in [-0.2, 0) is 28.7 Å². The number of aliphatic hydroxyl groups excluding tert-OH is 1. The van der Waals surface area contributed by atoms with E-state index in [0.29, 0.717) is 37.5 Å². The summed E-state index contributed by atoms with van der Waals surface area (Å²) < 4.78 is 32.7. The van der Waals surface area contributed by atoms with E-state index >= 15 is 0 Å². The van der Waals surface area contributed by atoms with Crippen molar-refractivity contribution >= 4 is 5.82 Å². The summed E-state index contributed by atoms with van der Waals surface area (Å²) in [6, 6.07) is 6.81. The minimum Gasteiger partial charge on any atom is -0.511 e. The number of pyridine rings is 1. The highest BCUT2D eigenvalue weighted by molar-refractivity contribution is 5.47. The lowest BCUT2D eigenvalue weighted by Crippen LogP contribution is -2.41. The maximum Gasteiger partial charge on any atom is 0.129 e. The largest absolute Gasteiger partial charge is 0.511 e. The highest BCUT2D eigenvalue weighted by Gasteiger charge is 2.38. The zero-order valence-corrected chi connectivity index (χ0v) is 24.2. The van der Waals surface area contributed by atoms with Crippen molar-refractivity contribution in [2.24, 2.45) is 5.92 Å². The minimum atomic E-state index is -0.519. The molecule has 1 saturated heterocycles. The molecule has 0 bridgehead atoms. The molecule has 1 fully saturated rings. The van der Waals surface area contributed by atoms with E-state index < -0.39 is 11.6 Å². The van der Waals surface area contributed by atoms with Crippen LogP contribution < -0.4 is 10.1 Å². The maximum atomic E-state index is 14.7. The highest BCUT2D eigenvalue weighted by atomic mass is 19.1. The minimum absolute atomic E-state index is 0.00798. The predicted octanol–water partition coefficient (Wildman–Crippen LogP) is 5.78. The molecule has 2 aromatic rings. The van der Waals surface area contributed by atoms with Crippen LogP contribution >= 0.6 is 0 Å². The number of likely N-dealkylation sites (tertiary alicyclic amines) is 1. The number of hydrogen-bond acceptors (Lipinski definition) is 7. The van der Waals surface area contributed by atoms with Gasteiger partial charge in [-0.3, -0.25) is 4.90 Å². The van der Waals surface area contributed by atoms with Crippen molar-refractivity contribution in [2.45, 2.75) is 76.5 Å². The van der Waals surface area contributed by atoms with Crippen LogP contribution in [0.1, 0.15) is 68.0 Å². The Morgan fingerprint density at radius 2 is 2.17 bits per heavy atom. The van der Waals surface area contributed by atoms with Gasteiger partial charge < -0.3 is 24.6 Å². The van der Waals surface area contributed by atoms with Crippen LogP contribution in [0.15, 0.2) is 36.6 Å². The van der Waals surface area contributed by atoms with Crippen LogP contribution in [0.3, 0.4) is 0 Å². The molecule has 8 heteroatoms. The van der Waals surface area contributed by atoms with Gasteiger partial charge in [-0.2, -0.15) is 0 Å². The quantitative estimate of drug-likeness (QED) is 0.270. The maximum absolute atomic E-state index is 14.7. The van der Waals surface area contributed by atoms with Gasteiger partial charge in [0.1, 0.15) is 23.1 Å². The summed E-state index contributed by atoms with van der Waals surface area (Å²) >= 11 is 0. The third-order valence-corrected chi connectivity index (χ3v) is 8.89. The Morgan fingerprint density at radius 1 is 1.32 bits per heavy atom. The van der Waals surface area contributed by atoms with E-state index in [-0.39, 0.29) is 23.6 Å². The van der Waals surface area contributed by atoms with Crippen molar-refractivity contribution in [1.29, 1.82) is 0 Å². The van der Waals surface area contributed by atoms with Crippen LogP contribution in [0, 0.1) is 11.7 Å². The molecule has 0 amide bonds. The highest BCUT2D eigenvalue weighted by Crippen LogP contribution is 2.41. The number of unbranched alkanes of at least 4 members (excludes halogenated alkanes) is 1. The summed E-state index contributed by atoms with van der Waals surface area (Å²) in [4.78, 5) is 6.94. The summed E-state index contributed by atoms with van der Waals surface area (Å²) in [5.41, 5.74) is 3.68. The standard InChI is InChI=1S/C32H44FN3O4/c1-21(37)30(28-17-24(33)18-29-27(28)16-23(20-40-29)32(2,3)38-4)36-14-12-26(19-36)39-15-6-5-9-25-11-10-22-8-7-13-34-31(22)35-25/h10-11,17-18,23,26,30,37H,1,5-9,12-16,19-20H2,2-4H3,(H,34,35)/t23?,26-,30+/m1/s1. The van der Waals surface area contributed by atoms with Gasteiger partial charge in [-0.05, 0) is 82.1 Å². The zero-order valence-electron chi connectivity index (χ0n) is 24.2. The van der Waals surface area contributed by atoms with Crippen molar-refractivity contribution in [1.82, 2.24) is 9.88 Å². The fourth-order valence-electron chi connectivity index (χ4n) is 6.21. The molecule has 40 heavy (non-hydrogen) atoms. The van der Waals surface area contributed by atoms with E-state index in [0.717, 1.165) is 62.3 Å². The number of hydrogen-bond donors (Lipinski definition) is 2. The molecule has 3 aliphatic heterocycles. The van der Waals surface area contributed by atoms with Gasteiger partial charge in [0, 0.05) is 56.6 Å². The molecule has 1 aromatic carbocycles. The van der Waals surface area contributed by atoms with Crippen molar-refractivity contribution in [2.75, 3.05) is 45.3 Å². The van der Waals surface area contributed by atoms with Gasteiger partial charge in [0.15, 0.2) is 0 Å². The SMILES string of the molecule is C=C(O)[C@@H](c1cc(F)cc2c1CC(C(C)(C)OC)CO2)N1CC[C@@H](OCCCCc2ccc3c(n2)NCCC3)C1.